The zero-order chi connectivity index (χ0) is 13.0. The standard InChI is InChI=1S/C15H22FNO/c1-3-17-10-15(6-7-18-11-15)9-13-4-5-14(16)8-12(13)2/h4-5,8,17H,3,6-7,9-11H2,1-2H3. The maximum Gasteiger partial charge on any atom is 0.123 e. The van der Waals surface area contributed by atoms with Crippen molar-refractivity contribution in [2.24, 2.45) is 5.41 Å². The Bertz CT molecular complexity index is 399. The first-order chi connectivity index (χ1) is 8.65. The largest absolute Gasteiger partial charge is 0.381 e. The number of aryl methyl sites for hydroxylation is 1. The summed E-state index contributed by atoms with van der Waals surface area (Å²) in [7, 11) is 0. The van der Waals surface area contributed by atoms with Gasteiger partial charge in [-0.3, -0.25) is 0 Å². The normalized spacial score (nSPS) is 23.5. The second kappa shape index (κ2) is 5.81. The Morgan fingerprint density at radius 2 is 2.28 bits per heavy atom. The van der Waals surface area contributed by atoms with Gasteiger partial charge < -0.3 is 10.1 Å². The summed E-state index contributed by atoms with van der Waals surface area (Å²) in [6.45, 7) is 7.69. The van der Waals surface area contributed by atoms with Crippen LogP contribution in [0.4, 0.5) is 4.39 Å². The van der Waals surface area contributed by atoms with Gasteiger partial charge >= 0.3 is 0 Å². The fourth-order valence-electron chi connectivity index (χ4n) is 2.64. The van der Waals surface area contributed by atoms with E-state index in [2.05, 4.69) is 12.2 Å². The van der Waals surface area contributed by atoms with Gasteiger partial charge in [-0.15, -0.1) is 0 Å². The average Bonchev–Trinajstić information content (AvgIpc) is 2.80. The van der Waals surface area contributed by atoms with Gasteiger partial charge in [-0.05, 0) is 49.6 Å². The molecule has 0 aliphatic carbocycles. The minimum atomic E-state index is -0.153. The molecule has 1 saturated heterocycles. The minimum absolute atomic E-state index is 0.153. The molecule has 1 fully saturated rings. The van der Waals surface area contributed by atoms with Crippen LogP contribution in [0, 0.1) is 18.2 Å². The highest BCUT2D eigenvalue weighted by molar-refractivity contribution is 5.28. The van der Waals surface area contributed by atoms with Crippen molar-refractivity contribution in [3.05, 3.63) is 35.1 Å². The molecule has 2 nitrogen and oxygen atoms in total. The van der Waals surface area contributed by atoms with Gasteiger partial charge in [0.2, 0.25) is 0 Å². The van der Waals surface area contributed by atoms with Crippen molar-refractivity contribution in [1.29, 1.82) is 0 Å². The highest BCUT2D eigenvalue weighted by Gasteiger charge is 2.34. The summed E-state index contributed by atoms with van der Waals surface area (Å²) in [6.07, 6.45) is 2.04. The summed E-state index contributed by atoms with van der Waals surface area (Å²) in [5.41, 5.74) is 2.45. The topological polar surface area (TPSA) is 21.3 Å². The molecular formula is C15H22FNO. The molecule has 18 heavy (non-hydrogen) atoms. The van der Waals surface area contributed by atoms with Gasteiger partial charge in [-0.1, -0.05) is 13.0 Å². The fraction of sp³-hybridized carbons (Fsp3) is 0.600. The van der Waals surface area contributed by atoms with Crippen molar-refractivity contribution in [1.82, 2.24) is 5.32 Å². The first-order valence-electron chi connectivity index (χ1n) is 6.69. The highest BCUT2D eigenvalue weighted by atomic mass is 19.1. The lowest BCUT2D eigenvalue weighted by molar-refractivity contribution is 0.149. The first-order valence-corrected chi connectivity index (χ1v) is 6.69. The molecule has 0 amide bonds. The van der Waals surface area contributed by atoms with Crippen LogP contribution in [0.25, 0.3) is 0 Å². The summed E-state index contributed by atoms with van der Waals surface area (Å²) in [4.78, 5) is 0. The fourth-order valence-corrected chi connectivity index (χ4v) is 2.64. The molecule has 0 bridgehead atoms. The Hall–Kier alpha value is -0.930. The van der Waals surface area contributed by atoms with Gasteiger partial charge in [0.1, 0.15) is 5.82 Å². The molecule has 1 heterocycles. The van der Waals surface area contributed by atoms with Crippen LogP contribution in [-0.2, 0) is 11.2 Å². The molecule has 1 aliphatic heterocycles. The quantitative estimate of drug-likeness (QED) is 0.868. The van der Waals surface area contributed by atoms with Crippen LogP contribution in [0.2, 0.25) is 0 Å². The second-order valence-electron chi connectivity index (χ2n) is 5.33. The van der Waals surface area contributed by atoms with Crippen LogP contribution in [0.1, 0.15) is 24.5 Å². The maximum absolute atomic E-state index is 13.1. The summed E-state index contributed by atoms with van der Waals surface area (Å²) in [5.74, 6) is -0.153. The van der Waals surface area contributed by atoms with E-state index in [0.717, 1.165) is 44.7 Å². The van der Waals surface area contributed by atoms with Crippen molar-refractivity contribution in [3.8, 4) is 0 Å². The van der Waals surface area contributed by atoms with Crippen LogP contribution in [-0.4, -0.2) is 26.3 Å². The zero-order valence-electron chi connectivity index (χ0n) is 11.3. The molecule has 100 valence electrons. The molecule has 1 unspecified atom stereocenters. The van der Waals surface area contributed by atoms with E-state index in [-0.39, 0.29) is 11.2 Å². The molecule has 1 N–H and O–H groups in total. The van der Waals surface area contributed by atoms with Crippen LogP contribution in [0.5, 0.6) is 0 Å². The average molecular weight is 251 g/mol. The Labute approximate surface area is 109 Å². The van der Waals surface area contributed by atoms with E-state index in [0.29, 0.717) is 0 Å². The molecule has 0 aromatic heterocycles. The monoisotopic (exact) mass is 251 g/mol. The lowest BCUT2D eigenvalue weighted by Crippen LogP contribution is -2.36. The SMILES string of the molecule is CCNCC1(Cc2ccc(F)cc2C)CCOC1. The lowest BCUT2D eigenvalue weighted by Gasteiger charge is -2.28. The molecule has 0 spiro atoms. The molecule has 1 aromatic carbocycles. The Kier molecular flexibility index (Phi) is 4.36. The van der Waals surface area contributed by atoms with Crippen LogP contribution in [0.3, 0.4) is 0 Å². The predicted octanol–water partition coefficient (Wildman–Crippen LogP) is 2.69. The van der Waals surface area contributed by atoms with Crippen LogP contribution in [0.15, 0.2) is 18.2 Å². The van der Waals surface area contributed by atoms with E-state index >= 15 is 0 Å². The van der Waals surface area contributed by atoms with Crippen molar-refractivity contribution >= 4 is 0 Å². The summed E-state index contributed by atoms with van der Waals surface area (Å²) < 4.78 is 18.7. The molecule has 2 rings (SSSR count). The number of halogens is 1. The zero-order valence-corrected chi connectivity index (χ0v) is 11.3. The van der Waals surface area contributed by atoms with Gasteiger partial charge in [-0.25, -0.2) is 4.39 Å². The molecule has 1 aromatic rings. The lowest BCUT2D eigenvalue weighted by atomic mass is 9.80. The number of nitrogens with one attached hydrogen (secondary N) is 1. The third-order valence-corrected chi connectivity index (χ3v) is 3.81. The van der Waals surface area contributed by atoms with E-state index in [9.17, 15) is 4.39 Å². The van der Waals surface area contributed by atoms with E-state index in [1.165, 1.54) is 5.56 Å². The van der Waals surface area contributed by atoms with E-state index in [1.54, 1.807) is 12.1 Å². The van der Waals surface area contributed by atoms with E-state index < -0.39 is 0 Å². The number of hydrogen-bond donors (Lipinski definition) is 1. The number of ether oxygens (including phenoxy) is 1. The number of rotatable bonds is 5. The second-order valence-corrected chi connectivity index (χ2v) is 5.33. The molecule has 1 atom stereocenters. The molecule has 1 aliphatic rings. The third kappa shape index (κ3) is 3.09. The Morgan fingerprint density at radius 1 is 1.44 bits per heavy atom. The summed E-state index contributed by atoms with van der Waals surface area (Å²) >= 11 is 0. The van der Waals surface area contributed by atoms with Gasteiger partial charge in [0.05, 0.1) is 6.61 Å². The van der Waals surface area contributed by atoms with Gasteiger partial charge in [0.25, 0.3) is 0 Å². The predicted molar refractivity (Wildman–Crippen MR) is 71.3 cm³/mol. The van der Waals surface area contributed by atoms with E-state index in [4.69, 9.17) is 4.74 Å². The molecule has 0 saturated carbocycles. The number of benzene rings is 1. The van der Waals surface area contributed by atoms with Crippen molar-refractivity contribution in [2.75, 3.05) is 26.3 Å². The van der Waals surface area contributed by atoms with Crippen molar-refractivity contribution < 1.29 is 9.13 Å². The summed E-state index contributed by atoms with van der Waals surface area (Å²) in [5, 5.41) is 3.43. The highest BCUT2D eigenvalue weighted by Crippen LogP contribution is 2.33. The molecule has 0 radical (unpaired) electrons. The van der Waals surface area contributed by atoms with Crippen LogP contribution >= 0.6 is 0 Å². The van der Waals surface area contributed by atoms with Gasteiger partial charge in [0, 0.05) is 18.6 Å². The Balaban J connectivity index is 2.13. The minimum Gasteiger partial charge on any atom is -0.381 e. The van der Waals surface area contributed by atoms with Crippen LogP contribution < -0.4 is 5.32 Å². The van der Waals surface area contributed by atoms with Gasteiger partial charge in [0.15, 0.2) is 0 Å². The summed E-state index contributed by atoms with van der Waals surface area (Å²) in [6, 6.07) is 5.09. The van der Waals surface area contributed by atoms with Crippen molar-refractivity contribution in [3.63, 3.8) is 0 Å². The number of hydrogen-bond acceptors (Lipinski definition) is 2. The third-order valence-electron chi connectivity index (χ3n) is 3.81. The van der Waals surface area contributed by atoms with Crippen molar-refractivity contribution in [2.45, 2.75) is 26.7 Å². The van der Waals surface area contributed by atoms with Gasteiger partial charge in [-0.2, -0.15) is 0 Å². The molecular weight excluding hydrogens is 229 g/mol. The molecule has 3 heteroatoms. The van der Waals surface area contributed by atoms with E-state index in [1.807, 2.05) is 13.0 Å². The maximum atomic E-state index is 13.1. The smallest absolute Gasteiger partial charge is 0.123 e. The first kappa shape index (κ1) is 13.5. The Morgan fingerprint density at radius 3 is 2.89 bits per heavy atom.